The van der Waals surface area contributed by atoms with Gasteiger partial charge < -0.3 is 19.4 Å². The minimum Gasteiger partial charge on any atom is -0.382 e. The van der Waals surface area contributed by atoms with Gasteiger partial charge in [-0.25, -0.2) is 0 Å². The Hall–Kier alpha value is -0.840. The molecule has 0 bridgehead atoms. The Balaban J connectivity index is 2.33. The van der Waals surface area contributed by atoms with Crippen molar-refractivity contribution >= 4 is 0 Å². The second-order valence-corrected chi connectivity index (χ2v) is 4.31. The van der Waals surface area contributed by atoms with Crippen LogP contribution < -0.4 is 5.32 Å². The summed E-state index contributed by atoms with van der Waals surface area (Å²) >= 11 is 0. The molecule has 1 unspecified atom stereocenters. The third kappa shape index (κ3) is 5.21. The Morgan fingerprint density at radius 2 is 2.11 bits per heavy atom. The molecule has 1 atom stereocenters. The van der Waals surface area contributed by atoms with E-state index in [0.29, 0.717) is 19.3 Å². The fourth-order valence-corrected chi connectivity index (χ4v) is 1.96. The zero-order valence-electron chi connectivity index (χ0n) is 11.8. The van der Waals surface area contributed by atoms with Crippen molar-refractivity contribution in [2.24, 2.45) is 0 Å². The molecule has 0 aliphatic carbocycles. The SMILES string of the molecule is CCNC(CC)c1ccn(CCOCCOC)c1. The highest BCUT2D eigenvalue weighted by Crippen LogP contribution is 2.16. The van der Waals surface area contributed by atoms with Crippen LogP contribution in [-0.2, 0) is 16.0 Å². The van der Waals surface area contributed by atoms with Crippen LogP contribution in [0.5, 0.6) is 0 Å². The first-order chi connectivity index (χ1) is 8.81. The van der Waals surface area contributed by atoms with Gasteiger partial charge in [0.2, 0.25) is 0 Å². The average Bonchev–Trinajstić information content (AvgIpc) is 2.84. The van der Waals surface area contributed by atoms with Crippen LogP contribution in [0.2, 0.25) is 0 Å². The monoisotopic (exact) mass is 254 g/mol. The Morgan fingerprint density at radius 3 is 2.78 bits per heavy atom. The van der Waals surface area contributed by atoms with E-state index in [1.807, 2.05) is 0 Å². The summed E-state index contributed by atoms with van der Waals surface area (Å²) in [7, 11) is 1.69. The van der Waals surface area contributed by atoms with E-state index in [-0.39, 0.29) is 0 Å². The second-order valence-electron chi connectivity index (χ2n) is 4.31. The lowest BCUT2D eigenvalue weighted by atomic mass is 10.1. The van der Waals surface area contributed by atoms with Gasteiger partial charge in [-0.1, -0.05) is 13.8 Å². The molecule has 1 aromatic rings. The molecule has 1 aromatic heterocycles. The second kappa shape index (κ2) is 9.14. The van der Waals surface area contributed by atoms with E-state index < -0.39 is 0 Å². The number of nitrogens with one attached hydrogen (secondary N) is 1. The molecule has 0 radical (unpaired) electrons. The fraction of sp³-hybridized carbons (Fsp3) is 0.714. The third-order valence-corrected chi connectivity index (χ3v) is 2.96. The van der Waals surface area contributed by atoms with Gasteiger partial charge in [0.1, 0.15) is 0 Å². The topological polar surface area (TPSA) is 35.4 Å². The lowest BCUT2D eigenvalue weighted by Crippen LogP contribution is -2.19. The Kier molecular flexibility index (Phi) is 7.73. The summed E-state index contributed by atoms with van der Waals surface area (Å²) < 4.78 is 12.6. The molecule has 0 saturated heterocycles. The van der Waals surface area contributed by atoms with Crippen LogP contribution >= 0.6 is 0 Å². The molecule has 0 fully saturated rings. The summed E-state index contributed by atoms with van der Waals surface area (Å²) in [5.74, 6) is 0. The molecule has 0 saturated carbocycles. The van der Waals surface area contributed by atoms with Crippen molar-refractivity contribution in [3.63, 3.8) is 0 Å². The quantitative estimate of drug-likeness (QED) is 0.650. The van der Waals surface area contributed by atoms with E-state index in [4.69, 9.17) is 9.47 Å². The van der Waals surface area contributed by atoms with E-state index in [9.17, 15) is 0 Å². The molecule has 104 valence electrons. The molecule has 0 aliphatic heterocycles. The van der Waals surface area contributed by atoms with Gasteiger partial charge >= 0.3 is 0 Å². The summed E-state index contributed by atoms with van der Waals surface area (Å²) in [6.07, 6.45) is 5.44. The van der Waals surface area contributed by atoms with Gasteiger partial charge in [-0.2, -0.15) is 0 Å². The van der Waals surface area contributed by atoms with Crippen molar-refractivity contribution in [1.82, 2.24) is 9.88 Å². The van der Waals surface area contributed by atoms with Crippen molar-refractivity contribution < 1.29 is 9.47 Å². The van der Waals surface area contributed by atoms with Crippen LogP contribution in [-0.4, -0.2) is 38.0 Å². The lowest BCUT2D eigenvalue weighted by Gasteiger charge is -2.14. The molecule has 4 nitrogen and oxygen atoms in total. The van der Waals surface area contributed by atoms with Crippen LogP contribution in [0.25, 0.3) is 0 Å². The summed E-state index contributed by atoms with van der Waals surface area (Å²) in [4.78, 5) is 0. The lowest BCUT2D eigenvalue weighted by molar-refractivity contribution is 0.0666. The molecule has 1 heterocycles. The van der Waals surface area contributed by atoms with Crippen LogP contribution in [0, 0.1) is 0 Å². The number of rotatable bonds is 10. The number of aromatic nitrogens is 1. The predicted molar refractivity (Wildman–Crippen MR) is 73.8 cm³/mol. The van der Waals surface area contributed by atoms with Gasteiger partial charge in [-0.15, -0.1) is 0 Å². The Morgan fingerprint density at radius 1 is 1.28 bits per heavy atom. The van der Waals surface area contributed by atoms with Gasteiger partial charge in [-0.05, 0) is 24.6 Å². The van der Waals surface area contributed by atoms with Crippen LogP contribution in [0.1, 0.15) is 31.9 Å². The smallest absolute Gasteiger partial charge is 0.0701 e. The predicted octanol–water partition coefficient (Wildman–Crippen LogP) is 2.21. The van der Waals surface area contributed by atoms with E-state index in [1.54, 1.807) is 7.11 Å². The molecule has 1 N–H and O–H groups in total. The highest BCUT2D eigenvalue weighted by atomic mass is 16.5. The van der Waals surface area contributed by atoms with Gasteiger partial charge in [0.05, 0.1) is 19.8 Å². The Labute approximate surface area is 110 Å². The van der Waals surface area contributed by atoms with E-state index in [1.165, 1.54) is 5.56 Å². The van der Waals surface area contributed by atoms with Crippen LogP contribution in [0.15, 0.2) is 18.5 Å². The first kappa shape index (κ1) is 15.2. The normalized spacial score (nSPS) is 12.8. The maximum Gasteiger partial charge on any atom is 0.0701 e. The number of hydrogen-bond donors (Lipinski definition) is 1. The van der Waals surface area contributed by atoms with Crippen LogP contribution in [0.3, 0.4) is 0 Å². The fourth-order valence-electron chi connectivity index (χ4n) is 1.96. The summed E-state index contributed by atoms with van der Waals surface area (Å²) in [6.45, 7) is 8.31. The first-order valence-corrected chi connectivity index (χ1v) is 6.77. The number of ether oxygens (including phenoxy) is 2. The maximum absolute atomic E-state index is 5.46. The first-order valence-electron chi connectivity index (χ1n) is 6.77. The highest BCUT2D eigenvalue weighted by molar-refractivity contribution is 5.15. The van der Waals surface area contributed by atoms with E-state index in [2.05, 4.69) is 42.2 Å². The van der Waals surface area contributed by atoms with Crippen molar-refractivity contribution in [2.75, 3.05) is 33.5 Å². The average molecular weight is 254 g/mol. The zero-order valence-corrected chi connectivity index (χ0v) is 11.8. The molecule has 18 heavy (non-hydrogen) atoms. The maximum atomic E-state index is 5.46. The van der Waals surface area contributed by atoms with Crippen molar-refractivity contribution in [2.45, 2.75) is 32.9 Å². The van der Waals surface area contributed by atoms with Gasteiger partial charge in [0.15, 0.2) is 0 Å². The van der Waals surface area contributed by atoms with Gasteiger partial charge in [0, 0.05) is 32.1 Å². The van der Waals surface area contributed by atoms with Crippen molar-refractivity contribution in [1.29, 1.82) is 0 Å². The third-order valence-electron chi connectivity index (χ3n) is 2.96. The minimum atomic E-state index is 0.464. The molecule has 0 aliphatic rings. The minimum absolute atomic E-state index is 0.464. The number of nitrogens with zero attached hydrogens (tertiary/aromatic N) is 1. The molecular formula is C14H26N2O2. The van der Waals surface area contributed by atoms with Crippen molar-refractivity contribution in [3.05, 3.63) is 24.0 Å². The molecule has 0 spiro atoms. The molecular weight excluding hydrogens is 228 g/mol. The van der Waals surface area contributed by atoms with E-state index >= 15 is 0 Å². The molecule has 0 amide bonds. The molecule has 0 aromatic carbocycles. The zero-order chi connectivity index (χ0) is 13.2. The Bertz CT molecular complexity index is 312. The summed E-state index contributed by atoms with van der Waals surface area (Å²) in [5.41, 5.74) is 1.36. The van der Waals surface area contributed by atoms with Crippen molar-refractivity contribution in [3.8, 4) is 0 Å². The highest BCUT2D eigenvalue weighted by Gasteiger charge is 2.08. The number of hydrogen-bond acceptors (Lipinski definition) is 3. The number of methoxy groups -OCH3 is 1. The van der Waals surface area contributed by atoms with Crippen LogP contribution in [0.4, 0.5) is 0 Å². The van der Waals surface area contributed by atoms with Gasteiger partial charge in [0.25, 0.3) is 0 Å². The largest absolute Gasteiger partial charge is 0.382 e. The summed E-state index contributed by atoms with van der Waals surface area (Å²) in [6, 6.07) is 2.65. The molecule has 4 heteroatoms. The summed E-state index contributed by atoms with van der Waals surface area (Å²) in [5, 5.41) is 3.48. The molecule has 1 rings (SSSR count). The standard InChI is InChI=1S/C14H26N2O2/c1-4-14(15-5-2)13-6-7-16(12-13)8-9-18-11-10-17-3/h6-7,12,14-15H,4-5,8-11H2,1-3H3. The van der Waals surface area contributed by atoms with E-state index in [0.717, 1.165) is 26.1 Å². The van der Waals surface area contributed by atoms with Gasteiger partial charge in [-0.3, -0.25) is 0 Å².